The highest BCUT2D eigenvalue weighted by Crippen LogP contribution is 2.42. The van der Waals surface area contributed by atoms with Crippen LogP contribution in [0, 0.1) is 0 Å². The minimum absolute atomic E-state index is 0.0324. The fraction of sp³-hybridized carbons (Fsp3) is 0.236. The first kappa shape index (κ1) is 38.5. The first-order valence-corrected chi connectivity index (χ1v) is 21.5. The van der Waals surface area contributed by atoms with E-state index >= 15 is 0 Å². The first-order valence-electron chi connectivity index (χ1n) is 21.5. The largest absolute Gasteiger partial charge is 0.458 e. The summed E-state index contributed by atoms with van der Waals surface area (Å²) in [5.74, 6) is 5.38. The normalized spacial score (nSPS) is 12.7. The first-order chi connectivity index (χ1) is 28.5. The van der Waals surface area contributed by atoms with Crippen molar-refractivity contribution in [2.24, 2.45) is 0 Å². The smallest absolute Gasteiger partial charge is 0.260 e. The van der Waals surface area contributed by atoms with Gasteiger partial charge in [0.15, 0.2) is 0 Å². The van der Waals surface area contributed by atoms with Crippen molar-refractivity contribution in [3.63, 3.8) is 0 Å². The van der Waals surface area contributed by atoms with Crippen LogP contribution in [0.1, 0.15) is 124 Å². The summed E-state index contributed by atoms with van der Waals surface area (Å²) < 4.78 is 13.7. The van der Waals surface area contributed by atoms with Gasteiger partial charge in [-0.2, -0.15) is 0 Å². The molecule has 7 aromatic rings. The van der Waals surface area contributed by atoms with Crippen LogP contribution in [0.3, 0.4) is 0 Å². The lowest BCUT2D eigenvalue weighted by atomic mass is 9.35. The molecule has 0 saturated heterocycles. The number of anilines is 3. The third kappa shape index (κ3) is 7.24. The summed E-state index contributed by atoms with van der Waals surface area (Å²) in [6.07, 6.45) is 0. The predicted molar refractivity (Wildman–Crippen MR) is 249 cm³/mol. The molecule has 9 rings (SSSR count). The second-order valence-corrected chi connectivity index (χ2v) is 17.7. The van der Waals surface area contributed by atoms with Crippen LogP contribution in [-0.2, 0) is 0 Å². The molecule has 294 valence electrons. The maximum atomic E-state index is 6.85. The molecule has 0 bridgehead atoms. The van der Waals surface area contributed by atoms with Gasteiger partial charge in [0.2, 0.25) is 0 Å². The van der Waals surface area contributed by atoms with E-state index in [1.165, 1.54) is 38.9 Å². The molecule has 0 amide bonds. The van der Waals surface area contributed by atoms with Gasteiger partial charge >= 0.3 is 0 Å². The fourth-order valence-electron chi connectivity index (χ4n) is 8.94. The lowest BCUT2D eigenvalue weighted by Gasteiger charge is -2.34. The zero-order chi connectivity index (χ0) is 40.9. The zero-order valence-electron chi connectivity index (χ0n) is 35.7. The lowest BCUT2D eigenvalue weighted by molar-refractivity contribution is 0.464. The molecule has 2 heterocycles. The van der Waals surface area contributed by atoms with Gasteiger partial charge < -0.3 is 14.4 Å². The second kappa shape index (κ2) is 15.6. The van der Waals surface area contributed by atoms with Crippen LogP contribution in [-0.4, -0.2) is 6.71 Å². The molecule has 0 unspecified atom stereocenters. The van der Waals surface area contributed by atoms with Crippen LogP contribution in [0.15, 0.2) is 152 Å². The summed E-state index contributed by atoms with van der Waals surface area (Å²) in [6, 6.07) is 56.2. The van der Waals surface area contributed by atoms with Gasteiger partial charge in [-0.25, -0.2) is 0 Å². The van der Waals surface area contributed by atoms with Crippen molar-refractivity contribution in [1.29, 1.82) is 0 Å². The molecule has 0 fully saturated rings. The SMILES string of the molecule is CC(C)c1ccc(C(c2ccc(C(C)C)cc2)c2ccc3c(c2)Oc2cccc4c2B3c2ccc(N(c3ccc(C(C)C)cc3)c3ccc(C(C)C)cc3)cc2O4)cc1. The van der Waals surface area contributed by atoms with Gasteiger partial charge in [0.1, 0.15) is 23.0 Å². The monoisotopic (exact) mass is 771 g/mol. The second-order valence-electron chi connectivity index (χ2n) is 17.7. The molecular weight excluding hydrogens is 717 g/mol. The van der Waals surface area contributed by atoms with Crippen LogP contribution in [0.4, 0.5) is 17.1 Å². The van der Waals surface area contributed by atoms with E-state index in [-0.39, 0.29) is 12.6 Å². The van der Waals surface area contributed by atoms with E-state index in [2.05, 4.69) is 206 Å². The highest BCUT2D eigenvalue weighted by molar-refractivity contribution is 6.98. The van der Waals surface area contributed by atoms with Crippen molar-refractivity contribution in [3.05, 3.63) is 191 Å². The van der Waals surface area contributed by atoms with E-state index < -0.39 is 0 Å². The number of ether oxygens (including phenoxy) is 2. The summed E-state index contributed by atoms with van der Waals surface area (Å²) in [6.45, 7) is 17.9. The van der Waals surface area contributed by atoms with Gasteiger partial charge in [0.25, 0.3) is 6.71 Å². The summed E-state index contributed by atoms with van der Waals surface area (Å²) in [4.78, 5) is 2.34. The molecule has 59 heavy (non-hydrogen) atoms. The van der Waals surface area contributed by atoms with E-state index in [1.807, 2.05) is 6.07 Å². The van der Waals surface area contributed by atoms with Crippen LogP contribution < -0.4 is 30.8 Å². The van der Waals surface area contributed by atoms with Gasteiger partial charge in [-0.3, -0.25) is 0 Å². The Kier molecular flexibility index (Phi) is 10.2. The molecule has 7 aromatic carbocycles. The third-order valence-electron chi connectivity index (χ3n) is 12.5. The molecular formula is C55H54BNO2. The fourth-order valence-corrected chi connectivity index (χ4v) is 8.94. The highest BCUT2D eigenvalue weighted by atomic mass is 16.5. The molecule has 0 atom stereocenters. The molecule has 0 radical (unpaired) electrons. The van der Waals surface area contributed by atoms with E-state index in [1.54, 1.807) is 0 Å². The van der Waals surface area contributed by atoms with Gasteiger partial charge in [-0.05, 0) is 122 Å². The van der Waals surface area contributed by atoms with E-state index in [4.69, 9.17) is 9.47 Å². The van der Waals surface area contributed by atoms with Crippen molar-refractivity contribution in [1.82, 2.24) is 0 Å². The number of rotatable bonds is 10. The Balaban J connectivity index is 1.14. The molecule has 4 heteroatoms. The highest BCUT2D eigenvalue weighted by Gasteiger charge is 2.40. The molecule has 0 saturated carbocycles. The molecule has 2 aliphatic rings. The number of benzene rings is 7. The Morgan fingerprint density at radius 1 is 0.356 bits per heavy atom. The van der Waals surface area contributed by atoms with Crippen molar-refractivity contribution in [2.75, 3.05) is 4.90 Å². The minimum Gasteiger partial charge on any atom is -0.458 e. The summed E-state index contributed by atoms with van der Waals surface area (Å²) >= 11 is 0. The van der Waals surface area contributed by atoms with Gasteiger partial charge in [0.05, 0.1) is 0 Å². The average molecular weight is 772 g/mol. The molecule has 0 aromatic heterocycles. The Bertz CT molecular complexity index is 2320. The number of hydrogen-bond acceptors (Lipinski definition) is 3. The molecule has 2 aliphatic heterocycles. The standard InChI is InChI=1S/C55H54BNO2/c1-34(2)38-12-16-42(17-13-38)54(43-18-14-39(15-19-43)35(3)4)44-24-30-48-52(32-44)58-50-10-9-11-51-55(50)56(48)49-31-29-47(33-53(49)59-51)57(45-25-20-40(21-26-45)36(5)6)46-27-22-41(23-28-46)37(7)8/h9-37,54H,1-8H3. The van der Waals surface area contributed by atoms with Gasteiger partial charge in [-0.15, -0.1) is 0 Å². The van der Waals surface area contributed by atoms with Crippen molar-refractivity contribution in [3.8, 4) is 23.0 Å². The predicted octanol–water partition coefficient (Wildman–Crippen LogP) is 13.6. The minimum atomic E-state index is -0.0324. The number of hydrogen-bond donors (Lipinski definition) is 0. The Hall–Kier alpha value is -6.00. The lowest BCUT2D eigenvalue weighted by Crippen LogP contribution is -2.57. The number of nitrogens with zero attached hydrogens (tertiary/aromatic N) is 1. The Labute approximate surface area is 351 Å². The van der Waals surface area contributed by atoms with Crippen molar-refractivity contribution < 1.29 is 9.47 Å². The van der Waals surface area contributed by atoms with Crippen LogP contribution >= 0.6 is 0 Å². The van der Waals surface area contributed by atoms with Gasteiger partial charge in [0, 0.05) is 34.5 Å². The van der Waals surface area contributed by atoms with Crippen LogP contribution in [0.2, 0.25) is 0 Å². The van der Waals surface area contributed by atoms with Crippen LogP contribution in [0.5, 0.6) is 23.0 Å². The zero-order valence-corrected chi connectivity index (χ0v) is 35.7. The summed E-state index contributed by atoms with van der Waals surface area (Å²) in [5.41, 5.74) is 15.8. The summed E-state index contributed by atoms with van der Waals surface area (Å²) in [5, 5.41) is 0. The Morgan fingerprint density at radius 2 is 0.712 bits per heavy atom. The maximum absolute atomic E-state index is 6.85. The van der Waals surface area contributed by atoms with Crippen molar-refractivity contribution in [2.45, 2.75) is 85.0 Å². The topological polar surface area (TPSA) is 21.7 Å². The number of fused-ring (bicyclic) bond motifs is 4. The van der Waals surface area contributed by atoms with E-state index in [9.17, 15) is 0 Å². The van der Waals surface area contributed by atoms with Gasteiger partial charge in [-0.1, -0.05) is 152 Å². The Morgan fingerprint density at radius 3 is 1.15 bits per heavy atom. The molecule has 0 spiro atoms. The third-order valence-corrected chi connectivity index (χ3v) is 12.5. The molecule has 0 aliphatic carbocycles. The van der Waals surface area contributed by atoms with Crippen LogP contribution in [0.25, 0.3) is 0 Å². The van der Waals surface area contributed by atoms with E-state index in [0.717, 1.165) is 56.4 Å². The molecule has 3 nitrogen and oxygen atoms in total. The van der Waals surface area contributed by atoms with E-state index in [0.29, 0.717) is 23.7 Å². The maximum Gasteiger partial charge on any atom is 0.260 e. The van der Waals surface area contributed by atoms with Crippen molar-refractivity contribution >= 4 is 40.2 Å². The molecule has 0 N–H and O–H groups in total. The average Bonchev–Trinajstić information content (AvgIpc) is 3.24. The summed E-state index contributed by atoms with van der Waals surface area (Å²) in [7, 11) is 0. The quantitative estimate of drug-likeness (QED) is 0.102.